The van der Waals surface area contributed by atoms with Crippen molar-refractivity contribution in [2.45, 2.75) is 18.1 Å². The Balaban J connectivity index is 1.40. The highest BCUT2D eigenvalue weighted by Crippen LogP contribution is 2.29. The van der Waals surface area contributed by atoms with Gasteiger partial charge in [-0.3, -0.25) is 14.5 Å². The van der Waals surface area contributed by atoms with Crippen LogP contribution in [0.15, 0.2) is 70.6 Å². The minimum absolute atomic E-state index is 0.000413. The van der Waals surface area contributed by atoms with E-state index in [1.54, 1.807) is 6.92 Å². The molecule has 8 nitrogen and oxygen atoms in total. The molecule has 32 heavy (non-hydrogen) atoms. The number of nitrogens with zero attached hydrogens (tertiary/aromatic N) is 5. The maximum absolute atomic E-state index is 12.8. The molecule has 2 heterocycles. The number of amides is 1. The molecular formula is C23H26N6O2S. The molecule has 3 aromatic rings. The Hall–Kier alpha value is -3.17. The average molecular weight is 451 g/mol. The number of nitrogens with two attached hydrogens (primary N) is 1. The molecule has 1 aliphatic rings. The number of thioether (sulfide) groups is 1. The van der Waals surface area contributed by atoms with E-state index < -0.39 is 5.56 Å². The van der Waals surface area contributed by atoms with E-state index in [0.29, 0.717) is 13.1 Å². The number of nitrogen functional groups attached to an aromatic ring is 1. The summed E-state index contributed by atoms with van der Waals surface area (Å²) in [5, 5.41) is 7.97. The largest absolute Gasteiger partial charge is 0.339 e. The summed E-state index contributed by atoms with van der Waals surface area (Å²) < 4.78 is 0.947. The van der Waals surface area contributed by atoms with Crippen LogP contribution < -0.4 is 11.4 Å². The van der Waals surface area contributed by atoms with E-state index >= 15 is 0 Å². The maximum Gasteiger partial charge on any atom is 0.294 e. The van der Waals surface area contributed by atoms with Crippen LogP contribution in [0.1, 0.15) is 22.9 Å². The Labute approximate surface area is 191 Å². The molecule has 1 fully saturated rings. The summed E-state index contributed by atoms with van der Waals surface area (Å²) in [5.41, 5.74) is 2.31. The van der Waals surface area contributed by atoms with Gasteiger partial charge >= 0.3 is 0 Å². The van der Waals surface area contributed by atoms with Crippen LogP contribution in [-0.4, -0.2) is 62.5 Å². The Morgan fingerprint density at radius 3 is 2.09 bits per heavy atom. The smallest absolute Gasteiger partial charge is 0.294 e. The Bertz CT molecular complexity index is 1070. The molecule has 1 amide bonds. The molecule has 0 atom stereocenters. The van der Waals surface area contributed by atoms with Gasteiger partial charge in [-0.05, 0) is 18.1 Å². The lowest BCUT2D eigenvalue weighted by Gasteiger charge is -2.39. The summed E-state index contributed by atoms with van der Waals surface area (Å²) in [5.74, 6) is 5.92. The van der Waals surface area contributed by atoms with Gasteiger partial charge in [0.25, 0.3) is 5.56 Å². The topological polar surface area (TPSA) is 97.3 Å². The lowest BCUT2D eigenvalue weighted by atomic mass is 9.96. The Kier molecular flexibility index (Phi) is 6.87. The van der Waals surface area contributed by atoms with Crippen molar-refractivity contribution >= 4 is 17.7 Å². The summed E-state index contributed by atoms with van der Waals surface area (Å²) in [6.45, 7) is 4.39. The van der Waals surface area contributed by atoms with E-state index in [4.69, 9.17) is 5.84 Å². The van der Waals surface area contributed by atoms with E-state index in [1.807, 2.05) is 17.0 Å². The third-order valence-corrected chi connectivity index (χ3v) is 6.54. The lowest BCUT2D eigenvalue weighted by Crippen LogP contribution is -2.50. The molecule has 4 rings (SSSR count). The quantitative estimate of drug-likeness (QED) is 0.451. The van der Waals surface area contributed by atoms with Gasteiger partial charge in [-0.25, -0.2) is 0 Å². The average Bonchev–Trinajstić information content (AvgIpc) is 2.84. The molecule has 0 unspecified atom stereocenters. The summed E-state index contributed by atoms with van der Waals surface area (Å²) in [6, 6.07) is 21.1. The van der Waals surface area contributed by atoms with Crippen LogP contribution in [0.5, 0.6) is 0 Å². The van der Waals surface area contributed by atoms with Gasteiger partial charge in [0, 0.05) is 26.2 Å². The van der Waals surface area contributed by atoms with Gasteiger partial charge in [0.1, 0.15) is 5.69 Å². The third-order valence-electron chi connectivity index (χ3n) is 5.61. The molecule has 1 saturated heterocycles. The van der Waals surface area contributed by atoms with Crippen LogP contribution in [0.3, 0.4) is 0 Å². The van der Waals surface area contributed by atoms with Gasteiger partial charge in [-0.2, -0.15) is 4.68 Å². The number of rotatable bonds is 6. The lowest BCUT2D eigenvalue weighted by molar-refractivity contribution is -0.130. The van der Waals surface area contributed by atoms with Gasteiger partial charge < -0.3 is 10.7 Å². The predicted molar refractivity (Wildman–Crippen MR) is 125 cm³/mol. The molecule has 1 aliphatic heterocycles. The second kappa shape index (κ2) is 9.97. The SMILES string of the molecule is Cc1nnc(SCC(=O)N2CCN(C(c3ccccc3)c3ccccc3)CC2)n(N)c1=O. The van der Waals surface area contributed by atoms with Crippen molar-refractivity contribution in [2.24, 2.45) is 0 Å². The van der Waals surface area contributed by atoms with Gasteiger partial charge in [0.15, 0.2) is 0 Å². The van der Waals surface area contributed by atoms with Crippen molar-refractivity contribution in [3.63, 3.8) is 0 Å². The van der Waals surface area contributed by atoms with Gasteiger partial charge in [0.05, 0.1) is 11.8 Å². The first-order chi connectivity index (χ1) is 15.5. The molecular weight excluding hydrogens is 424 g/mol. The van der Waals surface area contributed by atoms with Gasteiger partial charge in [-0.1, -0.05) is 72.4 Å². The van der Waals surface area contributed by atoms with Gasteiger partial charge in [-0.15, -0.1) is 10.2 Å². The zero-order valence-corrected chi connectivity index (χ0v) is 18.7. The molecule has 9 heteroatoms. The van der Waals surface area contributed by atoms with Crippen LogP contribution >= 0.6 is 11.8 Å². The summed E-state index contributed by atoms with van der Waals surface area (Å²) in [4.78, 5) is 28.9. The number of piperazine rings is 1. The standard InChI is InChI=1S/C23H26N6O2S/c1-17-22(31)29(24)23(26-25-17)32-16-20(30)27-12-14-28(15-13-27)21(18-8-4-2-5-9-18)19-10-6-3-7-11-19/h2-11,21H,12-16,24H2,1H3. The van der Waals surface area contributed by atoms with Crippen molar-refractivity contribution < 1.29 is 4.79 Å². The molecule has 0 aliphatic carbocycles. The first-order valence-electron chi connectivity index (χ1n) is 10.5. The van der Waals surface area contributed by atoms with Crippen LogP contribution in [0, 0.1) is 6.92 Å². The molecule has 2 aromatic carbocycles. The Morgan fingerprint density at radius 1 is 0.969 bits per heavy atom. The molecule has 2 N–H and O–H groups in total. The van der Waals surface area contributed by atoms with Crippen LogP contribution in [0.25, 0.3) is 0 Å². The summed E-state index contributed by atoms with van der Waals surface area (Å²) in [7, 11) is 0. The normalized spacial score (nSPS) is 14.6. The highest BCUT2D eigenvalue weighted by Gasteiger charge is 2.28. The van der Waals surface area contributed by atoms with Crippen LogP contribution in [-0.2, 0) is 4.79 Å². The number of aryl methyl sites for hydroxylation is 1. The van der Waals surface area contributed by atoms with E-state index in [2.05, 4.69) is 63.6 Å². The Morgan fingerprint density at radius 2 is 1.53 bits per heavy atom. The van der Waals surface area contributed by atoms with E-state index in [0.717, 1.165) is 29.5 Å². The zero-order valence-electron chi connectivity index (χ0n) is 17.9. The fourth-order valence-electron chi connectivity index (χ4n) is 3.90. The molecule has 0 spiro atoms. The first kappa shape index (κ1) is 22.0. The van der Waals surface area contributed by atoms with Crippen molar-refractivity contribution in [1.29, 1.82) is 0 Å². The fraction of sp³-hybridized carbons (Fsp3) is 0.304. The number of carbonyl (C=O) groups excluding carboxylic acids is 1. The highest BCUT2D eigenvalue weighted by atomic mass is 32.2. The number of benzene rings is 2. The van der Waals surface area contributed by atoms with E-state index in [9.17, 15) is 9.59 Å². The second-order valence-electron chi connectivity index (χ2n) is 7.67. The number of carbonyl (C=O) groups is 1. The monoisotopic (exact) mass is 450 g/mol. The van der Waals surface area contributed by atoms with Crippen molar-refractivity contribution in [3.05, 3.63) is 87.8 Å². The summed E-state index contributed by atoms with van der Waals surface area (Å²) >= 11 is 1.13. The predicted octanol–water partition coefficient (Wildman–Crippen LogP) is 1.69. The maximum atomic E-state index is 12.8. The van der Waals surface area contributed by atoms with E-state index in [1.165, 1.54) is 11.1 Å². The molecule has 0 bridgehead atoms. The van der Waals surface area contributed by atoms with Crippen molar-refractivity contribution in [2.75, 3.05) is 37.8 Å². The minimum Gasteiger partial charge on any atom is -0.339 e. The number of aromatic nitrogens is 3. The van der Waals surface area contributed by atoms with Crippen LogP contribution in [0.4, 0.5) is 0 Å². The van der Waals surface area contributed by atoms with Crippen LogP contribution in [0.2, 0.25) is 0 Å². The first-order valence-corrected chi connectivity index (χ1v) is 11.5. The van der Waals surface area contributed by atoms with Crippen molar-refractivity contribution in [3.8, 4) is 0 Å². The molecule has 1 aromatic heterocycles. The van der Waals surface area contributed by atoms with E-state index in [-0.39, 0.29) is 28.6 Å². The van der Waals surface area contributed by atoms with Gasteiger partial charge in [0.2, 0.25) is 11.1 Å². The summed E-state index contributed by atoms with van der Waals surface area (Å²) in [6.07, 6.45) is 0. The number of hydrogen-bond donors (Lipinski definition) is 1. The second-order valence-corrected chi connectivity index (χ2v) is 8.61. The molecule has 166 valence electrons. The highest BCUT2D eigenvalue weighted by molar-refractivity contribution is 7.99. The third kappa shape index (κ3) is 4.84. The van der Waals surface area contributed by atoms with Crippen molar-refractivity contribution in [1.82, 2.24) is 24.7 Å². The fourth-order valence-corrected chi connectivity index (χ4v) is 4.66. The number of hydrogen-bond acceptors (Lipinski definition) is 7. The zero-order chi connectivity index (χ0) is 22.5. The minimum atomic E-state index is -0.406. The molecule has 0 saturated carbocycles. The molecule has 0 radical (unpaired) electrons.